The third kappa shape index (κ3) is 7.25. The van der Waals surface area contributed by atoms with Crippen molar-refractivity contribution in [2.75, 3.05) is 57.3 Å². The average Bonchev–Trinajstić information content (AvgIpc) is 2.67. The number of nitriles is 1. The number of likely N-dealkylation sites (tertiary alicyclic amines) is 1. The fourth-order valence-electron chi connectivity index (χ4n) is 4.12. The van der Waals surface area contributed by atoms with Gasteiger partial charge in [-0.2, -0.15) is 5.26 Å². The maximum Gasteiger partial charge on any atom is 0.143 e. The van der Waals surface area contributed by atoms with E-state index in [1.165, 1.54) is 31.5 Å². The first-order valence-corrected chi connectivity index (χ1v) is 9.83. The molecule has 2 fully saturated rings. The summed E-state index contributed by atoms with van der Waals surface area (Å²) in [7, 11) is 0. The quantitative estimate of drug-likeness (QED) is 0.698. The second-order valence-corrected chi connectivity index (χ2v) is 7.70. The Labute approximate surface area is 181 Å². The monoisotopic (exact) mass is 426 g/mol. The van der Waals surface area contributed by atoms with Crippen molar-refractivity contribution in [3.8, 4) is 6.07 Å². The number of carbonyl (C=O) groups excluding carboxylic acids is 1. The first kappa shape index (κ1) is 24.7. The number of hydrogen-bond acceptors (Lipinski definition) is 5. The first-order valence-electron chi connectivity index (χ1n) is 9.83. The SMILES string of the molecule is CC(=O)CN1CCC(CCN2CCN(c3cccc(C#N)c3)CC2)CC1.Cl.Cl. The highest BCUT2D eigenvalue weighted by atomic mass is 35.5. The molecular formula is C21H32Cl2N4O. The molecule has 0 N–H and O–H groups in total. The lowest BCUT2D eigenvalue weighted by Crippen LogP contribution is -2.47. The summed E-state index contributed by atoms with van der Waals surface area (Å²) in [5.74, 6) is 1.09. The smallest absolute Gasteiger partial charge is 0.143 e. The van der Waals surface area contributed by atoms with Gasteiger partial charge >= 0.3 is 0 Å². The molecule has 3 rings (SSSR count). The molecule has 2 heterocycles. The molecule has 0 unspecified atom stereocenters. The number of anilines is 1. The van der Waals surface area contributed by atoms with Crippen molar-refractivity contribution in [3.05, 3.63) is 29.8 Å². The van der Waals surface area contributed by atoms with E-state index >= 15 is 0 Å². The zero-order valence-corrected chi connectivity index (χ0v) is 18.3. The van der Waals surface area contributed by atoms with Gasteiger partial charge in [0.25, 0.3) is 0 Å². The molecule has 5 nitrogen and oxygen atoms in total. The average molecular weight is 427 g/mol. The molecule has 156 valence electrons. The number of nitrogens with zero attached hydrogens (tertiary/aromatic N) is 4. The first-order chi connectivity index (χ1) is 12.6. The van der Waals surface area contributed by atoms with E-state index in [9.17, 15) is 4.79 Å². The van der Waals surface area contributed by atoms with Crippen LogP contribution in [0.25, 0.3) is 0 Å². The molecule has 2 aliphatic rings. The Morgan fingerprint density at radius 2 is 1.75 bits per heavy atom. The van der Waals surface area contributed by atoms with Crippen molar-refractivity contribution >= 4 is 36.3 Å². The Balaban J connectivity index is 0.00000196. The molecular weight excluding hydrogens is 395 g/mol. The largest absolute Gasteiger partial charge is 0.369 e. The predicted molar refractivity (Wildman–Crippen MR) is 119 cm³/mol. The summed E-state index contributed by atoms with van der Waals surface area (Å²) in [4.78, 5) is 18.5. The van der Waals surface area contributed by atoms with Crippen LogP contribution in [0.1, 0.15) is 31.7 Å². The fourth-order valence-corrected chi connectivity index (χ4v) is 4.12. The molecule has 0 saturated carbocycles. The van der Waals surface area contributed by atoms with E-state index in [4.69, 9.17) is 5.26 Å². The van der Waals surface area contributed by atoms with Crippen LogP contribution < -0.4 is 4.90 Å². The van der Waals surface area contributed by atoms with Gasteiger partial charge in [0, 0.05) is 31.9 Å². The summed E-state index contributed by atoms with van der Waals surface area (Å²) >= 11 is 0. The summed E-state index contributed by atoms with van der Waals surface area (Å²) in [6.07, 6.45) is 3.74. The maximum atomic E-state index is 11.2. The summed E-state index contributed by atoms with van der Waals surface area (Å²) in [5.41, 5.74) is 1.91. The van der Waals surface area contributed by atoms with Crippen LogP contribution in [0.4, 0.5) is 5.69 Å². The summed E-state index contributed by atoms with van der Waals surface area (Å²) in [6.45, 7) is 9.91. The third-order valence-electron chi connectivity index (χ3n) is 5.72. The highest BCUT2D eigenvalue weighted by Crippen LogP contribution is 2.22. The molecule has 2 aliphatic heterocycles. The molecule has 1 aromatic rings. The van der Waals surface area contributed by atoms with Crippen LogP contribution in [0.5, 0.6) is 0 Å². The minimum Gasteiger partial charge on any atom is -0.369 e. The summed E-state index contributed by atoms with van der Waals surface area (Å²) < 4.78 is 0. The maximum absolute atomic E-state index is 11.2. The van der Waals surface area contributed by atoms with E-state index in [1.54, 1.807) is 6.92 Å². The van der Waals surface area contributed by atoms with Gasteiger partial charge in [0.2, 0.25) is 0 Å². The Kier molecular flexibility index (Phi) is 10.8. The number of rotatable bonds is 6. The fraction of sp³-hybridized carbons (Fsp3) is 0.619. The highest BCUT2D eigenvalue weighted by molar-refractivity contribution is 5.85. The van der Waals surface area contributed by atoms with Gasteiger partial charge in [-0.1, -0.05) is 6.07 Å². The molecule has 0 spiro atoms. The van der Waals surface area contributed by atoms with Gasteiger partial charge in [-0.05, 0) is 69.9 Å². The minimum absolute atomic E-state index is 0. The van der Waals surface area contributed by atoms with E-state index in [0.29, 0.717) is 6.54 Å². The van der Waals surface area contributed by atoms with Crippen molar-refractivity contribution in [2.24, 2.45) is 5.92 Å². The van der Waals surface area contributed by atoms with E-state index in [0.717, 1.165) is 50.7 Å². The van der Waals surface area contributed by atoms with Crippen molar-refractivity contribution in [1.29, 1.82) is 5.26 Å². The zero-order valence-electron chi connectivity index (χ0n) is 16.7. The van der Waals surface area contributed by atoms with Gasteiger partial charge in [-0.25, -0.2) is 0 Å². The van der Waals surface area contributed by atoms with Crippen LogP contribution in [-0.2, 0) is 4.79 Å². The third-order valence-corrected chi connectivity index (χ3v) is 5.72. The minimum atomic E-state index is 0. The van der Waals surface area contributed by atoms with Crippen molar-refractivity contribution < 1.29 is 4.79 Å². The van der Waals surface area contributed by atoms with Crippen molar-refractivity contribution in [1.82, 2.24) is 9.80 Å². The van der Waals surface area contributed by atoms with E-state index in [-0.39, 0.29) is 30.6 Å². The van der Waals surface area contributed by atoms with Crippen LogP contribution in [0, 0.1) is 17.2 Å². The van der Waals surface area contributed by atoms with Gasteiger partial charge in [-0.15, -0.1) is 24.8 Å². The second kappa shape index (κ2) is 12.3. The Morgan fingerprint density at radius 1 is 1.07 bits per heavy atom. The molecule has 28 heavy (non-hydrogen) atoms. The lowest BCUT2D eigenvalue weighted by molar-refractivity contribution is -0.118. The molecule has 0 amide bonds. The standard InChI is InChI=1S/C21H30N4O.2ClH/c1-18(26)17-24-9-6-19(7-10-24)5-8-23-11-13-25(14-12-23)21-4-2-3-20(15-21)16-22;;/h2-4,15,19H,5-14,17H2,1H3;2*1H. The van der Waals surface area contributed by atoms with Crippen LogP contribution in [0.15, 0.2) is 24.3 Å². The highest BCUT2D eigenvalue weighted by Gasteiger charge is 2.22. The normalized spacial score (nSPS) is 18.6. The number of ketones is 1. The topological polar surface area (TPSA) is 50.6 Å². The van der Waals surface area contributed by atoms with Crippen LogP contribution in [-0.4, -0.2) is 67.9 Å². The van der Waals surface area contributed by atoms with Gasteiger partial charge in [0.15, 0.2) is 0 Å². The molecule has 0 aromatic heterocycles. The Morgan fingerprint density at radius 3 is 2.36 bits per heavy atom. The van der Waals surface area contributed by atoms with Crippen LogP contribution >= 0.6 is 24.8 Å². The molecule has 0 aliphatic carbocycles. The van der Waals surface area contributed by atoms with Crippen molar-refractivity contribution in [3.63, 3.8) is 0 Å². The van der Waals surface area contributed by atoms with Crippen LogP contribution in [0.2, 0.25) is 0 Å². The predicted octanol–water partition coefficient (Wildman–Crippen LogP) is 3.21. The zero-order chi connectivity index (χ0) is 18.4. The summed E-state index contributed by atoms with van der Waals surface area (Å²) in [6, 6.07) is 10.2. The van der Waals surface area contributed by atoms with Gasteiger partial charge in [-0.3, -0.25) is 14.6 Å². The molecule has 2 saturated heterocycles. The molecule has 1 aromatic carbocycles. The number of piperidine rings is 1. The molecule has 0 atom stereocenters. The molecule has 0 bridgehead atoms. The number of carbonyl (C=O) groups is 1. The van der Waals surface area contributed by atoms with Crippen LogP contribution in [0.3, 0.4) is 0 Å². The lowest BCUT2D eigenvalue weighted by atomic mass is 9.93. The number of Topliss-reactive ketones (excluding diaryl/α,β-unsaturated/α-hetero) is 1. The number of halogens is 2. The summed E-state index contributed by atoms with van der Waals surface area (Å²) in [5, 5.41) is 9.06. The van der Waals surface area contributed by atoms with Crippen molar-refractivity contribution in [2.45, 2.75) is 26.2 Å². The number of piperazine rings is 1. The number of hydrogen-bond donors (Lipinski definition) is 0. The van der Waals surface area contributed by atoms with E-state index in [1.807, 2.05) is 18.2 Å². The second-order valence-electron chi connectivity index (χ2n) is 7.70. The van der Waals surface area contributed by atoms with Gasteiger partial charge < -0.3 is 4.90 Å². The van der Waals surface area contributed by atoms with Gasteiger partial charge in [0.05, 0.1) is 18.2 Å². The Hall–Kier alpha value is -1.32. The van der Waals surface area contributed by atoms with E-state index < -0.39 is 0 Å². The molecule has 0 radical (unpaired) electrons. The lowest BCUT2D eigenvalue weighted by Gasteiger charge is -2.37. The molecule has 7 heteroatoms. The Bertz CT molecular complexity index is 648. The van der Waals surface area contributed by atoms with Gasteiger partial charge in [0.1, 0.15) is 5.78 Å². The number of benzene rings is 1. The van der Waals surface area contributed by atoms with E-state index in [2.05, 4.69) is 26.8 Å².